The molecule has 1 aliphatic carbocycles. The summed E-state index contributed by atoms with van der Waals surface area (Å²) in [6, 6.07) is 8.29. The van der Waals surface area contributed by atoms with Gasteiger partial charge in [0.25, 0.3) is 5.91 Å². The van der Waals surface area contributed by atoms with E-state index >= 15 is 0 Å². The molecule has 2 spiro atoms. The first kappa shape index (κ1) is 27.2. The van der Waals surface area contributed by atoms with Crippen LogP contribution in [0.2, 0.25) is 0 Å². The summed E-state index contributed by atoms with van der Waals surface area (Å²) in [7, 11) is 0. The lowest BCUT2D eigenvalue weighted by molar-refractivity contribution is -0.212. The van der Waals surface area contributed by atoms with Gasteiger partial charge in [-0.05, 0) is 62.2 Å². The van der Waals surface area contributed by atoms with E-state index in [2.05, 4.69) is 5.32 Å². The van der Waals surface area contributed by atoms with Crippen molar-refractivity contribution >= 4 is 23.8 Å². The van der Waals surface area contributed by atoms with Crippen molar-refractivity contribution in [1.29, 1.82) is 0 Å². The van der Waals surface area contributed by atoms with Crippen molar-refractivity contribution in [2.75, 3.05) is 19.6 Å². The van der Waals surface area contributed by atoms with E-state index in [1.807, 2.05) is 20.8 Å². The minimum atomic E-state index is -1.75. The molecule has 6 atom stereocenters. The summed E-state index contributed by atoms with van der Waals surface area (Å²) >= 11 is 0. The number of likely N-dealkylation sites (tertiary alicyclic amines) is 1. The number of hydrogen-bond acceptors (Lipinski definition) is 9. The van der Waals surface area contributed by atoms with Crippen LogP contribution >= 0.6 is 0 Å². The third-order valence-electron chi connectivity index (χ3n) is 10.3. The first-order chi connectivity index (χ1) is 19.0. The molecule has 10 nitrogen and oxygen atoms in total. The number of carbonyl (C=O) groups is 4. The second-order valence-electron chi connectivity index (χ2n) is 13.1. The average molecular weight is 555 g/mol. The third kappa shape index (κ3) is 3.47. The van der Waals surface area contributed by atoms with E-state index < -0.39 is 64.1 Å². The van der Waals surface area contributed by atoms with Crippen LogP contribution in [0.1, 0.15) is 69.7 Å². The fourth-order valence-electron chi connectivity index (χ4n) is 8.29. The quantitative estimate of drug-likeness (QED) is 0.401. The summed E-state index contributed by atoms with van der Waals surface area (Å²) in [5.74, 6) is -2.02. The molecule has 4 heterocycles. The molecule has 10 heteroatoms. The highest BCUT2D eigenvalue weighted by Crippen LogP contribution is 2.76. The van der Waals surface area contributed by atoms with Gasteiger partial charge in [-0.2, -0.15) is 0 Å². The van der Waals surface area contributed by atoms with Crippen LogP contribution in [0.5, 0.6) is 0 Å². The highest BCUT2D eigenvalue weighted by Gasteiger charge is 2.93. The lowest BCUT2D eigenvalue weighted by Crippen LogP contribution is -2.66. The smallest absolute Gasteiger partial charge is 0.338 e. The van der Waals surface area contributed by atoms with Gasteiger partial charge in [0.2, 0.25) is 0 Å². The average Bonchev–Trinajstić information content (AvgIpc) is 3.53. The Morgan fingerprint density at radius 1 is 1.12 bits per heavy atom. The second-order valence-corrected chi connectivity index (χ2v) is 13.1. The number of rotatable bonds is 6. The van der Waals surface area contributed by atoms with Crippen LogP contribution in [-0.4, -0.2) is 77.5 Å². The predicted octanol–water partition coefficient (Wildman–Crippen LogP) is 2.19. The van der Waals surface area contributed by atoms with E-state index in [0.717, 1.165) is 32.4 Å². The molecule has 0 aromatic heterocycles. The summed E-state index contributed by atoms with van der Waals surface area (Å²) < 4.78 is 17.7. The molecule has 1 aromatic carbocycles. The molecule has 0 radical (unpaired) electrons. The minimum Gasteiger partial charge on any atom is -0.461 e. The van der Waals surface area contributed by atoms with Crippen molar-refractivity contribution in [3.63, 3.8) is 0 Å². The van der Waals surface area contributed by atoms with Crippen molar-refractivity contribution < 1.29 is 38.5 Å². The van der Waals surface area contributed by atoms with Gasteiger partial charge >= 0.3 is 17.9 Å². The molecule has 40 heavy (non-hydrogen) atoms. The van der Waals surface area contributed by atoms with Crippen LogP contribution in [0.25, 0.3) is 0 Å². The second kappa shape index (κ2) is 9.27. The summed E-state index contributed by atoms with van der Waals surface area (Å²) in [6.45, 7) is 7.66. The molecule has 1 aromatic rings. The van der Waals surface area contributed by atoms with Crippen LogP contribution in [-0.2, 0) is 28.6 Å². The number of esters is 3. The monoisotopic (exact) mass is 554 g/mol. The molecule has 216 valence electrons. The van der Waals surface area contributed by atoms with Gasteiger partial charge in [0.05, 0.1) is 17.6 Å². The van der Waals surface area contributed by atoms with Gasteiger partial charge in [0, 0.05) is 13.0 Å². The lowest BCUT2D eigenvalue weighted by Gasteiger charge is -2.51. The summed E-state index contributed by atoms with van der Waals surface area (Å²) in [6.07, 6.45) is -0.473. The van der Waals surface area contributed by atoms with E-state index in [-0.39, 0.29) is 24.9 Å². The summed E-state index contributed by atoms with van der Waals surface area (Å²) in [4.78, 5) is 55.8. The van der Waals surface area contributed by atoms with Crippen molar-refractivity contribution in [2.45, 2.75) is 83.3 Å². The molecule has 5 fully saturated rings. The molecule has 0 bridgehead atoms. The Morgan fingerprint density at radius 3 is 2.50 bits per heavy atom. The number of nitrogens with one attached hydrogen (secondary N) is 1. The van der Waals surface area contributed by atoms with Gasteiger partial charge in [-0.15, -0.1) is 0 Å². The Morgan fingerprint density at radius 2 is 1.82 bits per heavy atom. The molecule has 4 aliphatic heterocycles. The van der Waals surface area contributed by atoms with Crippen LogP contribution < -0.4 is 5.32 Å². The van der Waals surface area contributed by atoms with Gasteiger partial charge < -0.3 is 29.5 Å². The third-order valence-corrected chi connectivity index (χ3v) is 10.3. The largest absolute Gasteiger partial charge is 0.461 e. The van der Waals surface area contributed by atoms with E-state index in [4.69, 9.17) is 14.2 Å². The zero-order valence-electron chi connectivity index (χ0n) is 23.3. The fourth-order valence-corrected chi connectivity index (χ4v) is 8.29. The number of piperidine rings is 1. The molecule has 5 aliphatic rings. The Labute approximate surface area is 233 Å². The maximum Gasteiger partial charge on any atom is 0.338 e. The molecular formula is C30H38N2O8. The van der Waals surface area contributed by atoms with Crippen LogP contribution in [0.15, 0.2) is 30.3 Å². The SMILES string of the molecule is CC(C)(C)[C@]1(O)C[C@@H]2OC(=O)C[C@@]23C(=O)O[C@@H]2N(CCCC4CCNCC4)C(=O)[C@H](OC(=O)c4ccccc4)C213. The minimum absolute atomic E-state index is 0.0661. The predicted molar refractivity (Wildman–Crippen MR) is 140 cm³/mol. The van der Waals surface area contributed by atoms with Crippen LogP contribution in [0.4, 0.5) is 0 Å². The van der Waals surface area contributed by atoms with Crippen LogP contribution in [0, 0.1) is 22.2 Å². The maximum absolute atomic E-state index is 14.3. The van der Waals surface area contributed by atoms with Gasteiger partial charge in [0.15, 0.2) is 12.3 Å². The van der Waals surface area contributed by atoms with Crippen molar-refractivity contribution in [3.8, 4) is 0 Å². The Hall–Kier alpha value is -2.98. The van der Waals surface area contributed by atoms with Gasteiger partial charge in [0.1, 0.15) is 16.9 Å². The van der Waals surface area contributed by atoms with Crippen molar-refractivity contribution in [1.82, 2.24) is 10.2 Å². The number of ether oxygens (including phenoxy) is 3. The van der Waals surface area contributed by atoms with Crippen molar-refractivity contribution in [2.24, 2.45) is 22.2 Å². The Kier molecular flexibility index (Phi) is 6.31. The Balaban J connectivity index is 1.44. The van der Waals surface area contributed by atoms with E-state index in [9.17, 15) is 24.3 Å². The standard InChI is InChI=1S/C30H38N2O8/c1-27(2,3)29(37)16-20-28(17-21(33)38-20)26(36)40-25-30(28,29)22(39-24(35)19-9-5-4-6-10-19)23(34)32(25)15-7-8-18-11-13-31-14-12-18/h4-6,9-10,18,20,22,25,31,37H,7-8,11-17H2,1-3H3/t20-,22-,25-,28-,29+,30?/m0/s1. The normalized spacial score (nSPS) is 37.1. The molecule has 1 saturated carbocycles. The van der Waals surface area contributed by atoms with Gasteiger partial charge in [-0.25, -0.2) is 4.79 Å². The summed E-state index contributed by atoms with van der Waals surface area (Å²) in [5.41, 5.74) is -5.80. The van der Waals surface area contributed by atoms with E-state index in [1.54, 1.807) is 30.3 Å². The first-order valence-corrected chi connectivity index (χ1v) is 14.4. The van der Waals surface area contributed by atoms with E-state index in [1.165, 1.54) is 4.90 Å². The molecule has 2 N–H and O–H groups in total. The number of aliphatic hydroxyl groups is 1. The first-order valence-electron chi connectivity index (χ1n) is 14.4. The number of hydrogen-bond donors (Lipinski definition) is 2. The maximum atomic E-state index is 14.3. The van der Waals surface area contributed by atoms with Crippen molar-refractivity contribution in [3.05, 3.63) is 35.9 Å². The van der Waals surface area contributed by atoms with E-state index in [0.29, 0.717) is 12.3 Å². The van der Waals surface area contributed by atoms with Crippen LogP contribution in [0.3, 0.4) is 0 Å². The molecular weight excluding hydrogens is 516 g/mol. The lowest BCUT2D eigenvalue weighted by atomic mass is 9.52. The molecule has 4 saturated heterocycles. The summed E-state index contributed by atoms with van der Waals surface area (Å²) in [5, 5.41) is 16.0. The van der Waals surface area contributed by atoms with Gasteiger partial charge in [-0.3, -0.25) is 14.4 Å². The number of nitrogens with zero attached hydrogens (tertiary/aromatic N) is 1. The zero-order chi connectivity index (χ0) is 28.5. The molecule has 1 unspecified atom stereocenters. The number of carbonyl (C=O) groups excluding carboxylic acids is 4. The molecule has 6 rings (SSSR count). The zero-order valence-corrected chi connectivity index (χ0v) is 23.3. The highest BCUT2D eigenvalue weighted by molar-refractivity contribution is 5.99. The topological polar surface area (TPSA) is 131 Å². The molecule has 1 amide bonds. The van der Waals surface area contributed by atoms with Gasteiger partial charge in [-0.1, -0.05) is 39.0 Å². The fraction of sp³-hybridized carbons (Fsp3) is 0.667. The highest BCUT2D eigenvalue weighted by atomic mass is 16.6. The number of benzene rings is 1. The number of amides is 1. The Bertz CT molecular complexity index is 1220.